The number of rotatable bonds is 4. The van der Waals surface area contributed by atoms with Crippen LogP contribution in [0.5, 0.6) is 0 Å². The molecule has 4 rings (SSSR count). The Kier molecular flexibility index (Phi) is 3.24. The highest BCUT2D eigenvalue weighted by Crippen LogP contribution is 2.39. The zero-order valence-electron chi connectivity index (χ0n) is 12.2. The molecule has 0 fully saturated rings. The molecule has 0 atom stereocenters. The number of unbranched alkanes of at least 4 members (excludes halogenated alkanes) is 1. The first-order chi connectivity index (χ1) is 10.9. The normalized spacial score (nSPS) is 12.9. The number of fused-ring (bicyclic) bond motifs is 2. The van der Waals surface area contributed by atoms with Gasteiger partial charge in [-0.25, -0.2) is 4.98 Å². The molecular weight excluding hydrogens is 274 g/mol. The van der Waals surface area contributed by atoms with Crippen LogP contribution >= 0.6 is 0 Å². The molecule has 1 aliphatic heterocycles. The summed E-state index contributed by atoms with van der Waals surface area (Å²) in [5, 5.41) is 10.2. The number of aromatic nitrogens is 2. The number of hydrogen-bond donors (Lipinski definition) is 2. The summed E-state index contributed by atoms with van der Waals surface area (Å²) in [6, 6.07) is 10.3. The minimum Gasteiger partial charge on any atom is -0.396 e. The number of H-pyrrole nitrogens is 1. The molecular formula is C18H17N3O. The maximum atomic E-state index is 9.02. The first kappa shape index (κ1) is 13.2. The van der Waals surface area contributed by atoms with Gasteiger partial charge in [-0.2, -0.15) is 0 Å². The van der Waals surface area contributed by atoms with E-state index in [-0.39, 0.29) is 6.61 Å². The lowest BCUT2D eigenvalue weighted by Gasteiger charge is -2.05. The number of aliphatic imine (C=N–C) groups is 1. The summed E-state index contributed by atoms with van der Waals surface area (Å²) in [5.41, 5.74) is 6.43. The molecule has 0 unspecified atom stereocenters. The minimum absolute atomic E-state index is 0.227. The van der Waals surface area contributed by atoms with Crippen LogP contribution in [0.3, 0.4) is 0 Å². The third-order valence-electron chi connectivity index (χ3n) is 4.16. The standard InChI is InChI=1S/C18H17N3O/c22-10-4-3-7-16-14-11-20-18-17(14)13(8-9-19-18)12-5-1-2-6-15(12)21-16/h1-2,5-6,8-9,11,22H,3-4,7,10H2,(H,19,20). The molecule has 0 amide bonds. The van der Waals surface area contributed by atoms with Crippen molar-refractivity contribution in [3.8, 4) is 11.1 Å². The van der Waals surface area contributed by atoms with Gasteiger partial charge in [0.05, 0.1) is 11.4 Å². The first-order valence-electron chi connectivity index (χ1n) is 7.63. The van der Waals surface area contributed by atoms with E-state index in [0.717, 1.165) is 52.8 Å². The van der Waals surface area contributed by atoms with Crippen molar-refractivity contribution in [1.29, 1.82) is 0 Å². The molecule has 110 valence electrons. The number of aromatic amines is 1. The molecule has 0 radical (unpaired) electrons. The second kappa shape index (κ2) is 5.39. The lowest BCUT2D eigenvalue weighted by molar-refractivity contribution is 0.285. The van der Waals surface area contributed by atoms with E-state index >= 15 is 0 Å². The smallest absolute Gasteiger partial charge is 0.138 e. The number of pyridine rings is 1. The zero-order valence-corrected chi connectivity index (χ0v) is 12.2. The third kappa shape index (κ3) is 2.04. The summed E-state index contributed by atoms with van der Waals surface area (Å²) in [5.74, 6) is 0. The fourth-order valence-corrected chi connectivity index (χ4v) is 3.11. The van der Waals surface area contributed by atoms with Gasteiger partial charge in [0.25, 0.3) is 0 Å². The number of nitrogens with zero attached hydrogens (tertiary/aromatic N) is 2. The Morgan fingerprint density at radius 2 is 1.91 bits per heavy atom. The van der Waals surface area contributed by atoms with Crippen molar-refractivity contribution in [2.75, 3.05) is 6.61 Å². The Hall–Kier alpha value is -2.46. The molecule has 4 heteroatoms. The highest BCUT2D eigenvalue weighted by molar-refractivity contribution is 6.17. The van der Waals surface area contributed by atoms with Crippen LogP contribution in [0.25, 0.3) is 22.2 Å². The quantitative estimate of drug-likeness (QED) is 0.718. The van der Waals surface area contributed by atoms with E-state index in [9.17, 15) is 0 Å². The zero-order chi connectivity index (χ0) is 14.9. The van der Waals surface area contributed by atoms with Gasteiger partial charge in [-0.3, -0.25) is 4.99 Å². The molecule has 2 N–H and O–H groups in total. The van der Waals surface area contributed by atoms with E-state index in [4.69, 9.17) is 10.1 Å². The van der Waals surface area contributed by atoms with E-state index in [1.807, 2.05) is 24.5 Å². The van der Waals surface area contributed by atoms with Crippen molar-refractivity contribution in [3.05, 3.63) is 48.3 Å². The highest BCUT2D eigenvalue weighted by Gasteiger charge is 2.20. The lowest BCUT2D eigenvalue weighted by atomic mass is 9.99. The van der Waals surface area contributed by atoms with Crippen molar-refractivity contribution in [1.82, 2.24) is 9.97 Å². The van der Waals surface area contributed by atoms with E-state index in [1.54, 1.807) is 0 Å². The molecule has 22 heavy (non-hydrogen) atoms. The van der Waals surface area contributed by atoms with Crippen molar-refractivity contribution in [2.24, 2.45) is 4.99 Å². The second-order valence-electron chi connectivity index (χ2n) is 5.54. The van der Waals surface area contributed by atoms with Gasteiger partial charge >= 0.3 is 0 Å². The molecule has 0 spiro atoms. The van der Waals surface area contributed by atoms with Gasteiger partial charge in [-0.05, 0) is 37.0 Å². The van der Waals surface area contributed by atoms with E-state index in [1.165, 1.54) is 5.56 Å². The topological polar surface area (TPSA) is 61.3 Å². The summed E-state index contributed by atoms with van der Waals surface area (Å²) in [4.78, 5) is 12.6. The molecule has 1 aromatic carbocycles. The fraction of sp³-hybridized carbons (Fsp3) is 0.222. The van der Waals surface area contributed by atoms with E-state index in [2.05, 4.69) is 28.2 Å². The van der Waals surface area contributed by atoms with Gasteiger partial charge in [0.2, 0.25) is 0 Å². The molecule has 2 aromatic heterocycles. The number of aliphatic hydroxyl groups excluding tert-OH is 1. The largest absolute Gasteiger partial charge is 0.396 e. The Bertz CT molecular complexity index is 864. The average Bonchev–Trinajstić information content (AvgIpc) is 2.93. The van der Waals surface area contributed by atoms with Crippen molar-refractivity contribution in [2.45, 2.75) is 19.3 Å². The summed E-state index contributed by atoms with van der Waals surface area (Å²) >= 11 is 0. The van der Waals surface area contributed by atoms with Crippen LogP contribution in [0.1, 0.15) is 24.8 Å². The molecule has 0 saturated carbocycles. The maximum absolute atomic E-state index is 9.02. The Morgan fingerprint density at radius 1 is 1.00 bits per heavy atom. The summed E-state index contributed by atoms with van der Waals surface area (Å²) < 4.78 is 0. The molecule has 0 aliphatic carbocycles. The Labute approximate surface area is 128 Å². The van der Waals surface area contributed by atoms with Crippen LogP contribution in [-0.4, -0.2) is 27.4 Å². The third-order valence-corrected chi connectivity index (χ3v) is 4.16. The van der Waals surface area contributed by atoms with Crippen molar-refractivity contribution >= 4 is 22.4 Å². The number of hydrogen-bond acceptors (Lipinski definition) is 3. The SMILES string of the molecule is OCCCCC1=Nc2ccccc2-c2ccnc3[nH]cc1c23. The van der Waals surface area contributed by atoms with Crippen LogP contribution in [0, 0.1) is 0 Å². The van der Waals surface area contributed by atoms with Gasteiger partial charge in [-0.15, -0.1) is 0 Å². The van der Waals surface area contributed by atoms with Gasteiger partial charge in [-0.1, -0.05) is 18.2 Å². The van der Waals surface area contributed by atoms with Gasteiger partial charge in [0, 0.05) is 35.5 Å². The van der Waals surface area contributed by atoms with Crippen molar-refractivity contribution < 1.29 is 5.11 Å². The van der Waals surface area contributed by atoms with Crippen molar-refractivity contribution in [3.63, 3.8) is 0 Å². The molecule has 4 nitrogen and oxygen atoms in total. The second-order valence-corrected chi connectivity index (χ2v) is 5.54. The molecule has 0 saturated heterocycles. The van der Waals surface area contributed by atoms with E-state index < -0.39 is 0 Å². The van der Waals surface area contributed by atoms with Crippen LogP contribution in [0.4, 0.5) is 5.69 Å². The molecule has 3 aromatic rings. The van der Waals surface area contributed by atoms with Crippen LogP contribution in [-0.2, 0) is 0 Å². The number of aliphatic hydroxyl groups is 1. The predicted octanol–water partition coefficient (Wildman–Crippen LogP) is 3.83. The molecule has 3 heterocycles. The first-order valence-corrected chi connectivity index (χ1v) is 7.63. The minimum atomic E-state index is 0.227. The van der Waals surface area contributed by atoms with Gasteiger partial charge in [0.1, 0.15) is 5.65 Å². The van der Waals surface area contributed by atoms with Crippen LogP contribution < -0.4 is 0 Å². The van der Waals surface area contributed by atoms with Gasteiger partial charge < -0.3 is 10.1 Å². The number of para-hydroxylation sites is 1. The summed E-state index contributed by atoms with van der Waals surface area (Å²) in [6.07, 6.45) is 6.43. The number of nitrogens with one attached hydrogen (secondary N) is 1. The average molecular weight is 291 g/mol. The van der Waals surface area contributed by atoms with Crippen LogP contribution in [0.15, 0.2) is 47.7 Å². The number of benzene rings is 1. The lowest BCUT2D eigenvalue weighted by Crippen LogP contribution is -2.00. The highest BCUT2D eigenvalue weighted by atomic mass is 16.2. The van der Waals surface area contributed by atoms with Gasteiger partial charge in [0.15, 0.2) is 0 Å². The van der Waals surface area contributed by atoms with Crippen LogP contribution in [0.2, 0.25) is 0 Å². The predicted molar refractivity (Wildman–Crippen MR) is 88.7 cm³/mol. The summed E-state index contributed by atoms with van der Waals surface area (Å²) in [6.45, 7) is 0.227. The van der Waals surface area contributed by atoms with E-state index in [0.29, 0.717) is 0 Å². The maximum Gasteiger partial charge on any atom is 0.138 e. The fourth-order valence-electron chi connectivity index (χ4n) is 3.11. The molecule has 1 aliphatic rings. The monoisotopic (exact) mass is 291 g/mol. The Balaban J connectivity index is 1.95. The summed E-state index contributed by atoms with van der Waals surface area (Å²) in [7, 11) is 0. The Morgan fingerprint density at radius 3 is 2.82 bits per heavy atom. The molecule has 0 bridgehead atoms.